The number of hydrogen-bond acceptors (Lipinski definition) is 2. The quantitative estimate of drug-likeness (QED) is 0.567. The van der Waals surface area contributed by atoms with Crippen molar-refractivity contribution in [1.29, 1.82) is 0 Å². The van der Waals surface area contributed by atoms with Crippen LogP contribution >= 0.6 is 11.6 Å². The van der Waals surface area contributed by atoms with Crippen molar-refractivity contribution in [3.63, 3.8) is 0 Å². The molecule has 2 aromatic carbocycles. The summed E-state index contributed by atoms with van der Waals surface area (Å²) < 4.78 is 0. The minimum atomic E-state index is -0.521. The van der Waals surface area contributed by atoms with E-state index in [1.807, 2.05) is 31.2 Å². The van der Waals surface area contributed by atoms with Crippen LogP contribution in [0.2, 0.25) is 5.02 Å². The molecule has 0 fully saturated rings. The van der Waals surface area contributed by atoms with Gasteiger partial charge in [0, 0.05) is 33.9 Å². The number of rotatable bonds is 2. The molecule has 4 rings (SSSR count). The van der Waals surface area contributed by atoms with Crippen molar-refractivity contribution >= 4 is 39.9 Å². The minimum absolute atomic E-state index is 0.0346. The number of benzene rings is 2. The van der Waals surface area contributed by atoms with E-state index < -0.39 is 11.7 Å². The van der Waals surface area contributed by atoms with Gasteiger partial charge in [0.15, 0.2) is 0 Å². The van der Waals surface area contributed by atoms with E-state index in [4.69, 9.17) is 11.6 Å². The molecule has 0 bridgehead atoms. The Kier molecular flexibility index (Phi) is 3.43. The zero-order chi connectivity index (χ0) is 16.8. The lowest BCUT2D eigenvalue weighted by molar-refractivity contribution is -0.114. The molecule has 1 N–H and O–H groups in total. The average Bonchev–Trinajstić information content (AvgIpc) is 3.13. The molecule has 5 heteroatoms. The molecule has 2 heterocycles. The van der Waals surface area contributed by atoms with Crippen LogP contribution < -0.4 is 4.90 Å². The predicted molar refractivity (Wildman–Crippen MR) is 94.7 cm³/mol. The summed E-state index contributed by atoms with van der Waals surface area (Å²) in [5, 5.41) is 1.20. The molecule has 1 atom stereocenters. The molecular formula is C19H15ClN2O2. The Hall–Kier alpha value is -2.59. The summed E-state index contributed by atoms with van der Waals surface area (Å²) in [4.78, 5) is 30.3. The van der Waals surface area contributed by atoms with E-state index in [2.05, 4.69) is 4.98 Å². The van der Waals surface area contributed by atoms with Crippen LogP contribution in [0, 0.1) is 0 Å². The van der Waals surface area contributed by atoms with Crippen molar-refractivity contribution in [2.75, 3.05) is 4.90 Å². The Labute approximate surface area is 144 Å². The number of nitrogens with zero attached hydrogens (tertiary/aromatic N) is 1. The number of ketones is 1. The number of aromatic nitrogens is 1. The Morgan fingerprint density at radius 3 is 2.83 bits per heavy atom. The summed E-state index contributed by atoms with van der Waals surface area (Å²) in [6, 6.07) is 12.9. The first-order valence-electron chi connectivity index (χ1n) is 7.78. The van der Waals surface area contributed by atoms with Crippen LogP contribution in [-0.4, -0.2) is 22.7 Å². The molecule has 1 aliphatic rings. The largest absolute Gasteiger partial charge is 0.360 e. The van der Waals surface area contributed by atoms with Gasteiger partial charge in [0.05, 0.1) is 5.56 Å². The van der Waals surface area contributed by atoms with Gasteiger partial charge in [-0.2, -0.15) is 0 Å². The Morgan fingerprint density at radius 2 is 2.00 bits per heavy atom. The van der Waals surface area contributed by atoms with Crippen LogP contribution in [0.4, 0.5) is 5.69 Å². The van der Waals surface area contributed by atoms with Crippen LogP contribution in [0.3, 0.4) is 0 Å². The topological polar surface area (TPSA) is 53.2 Å². The molecule has 0 saturated carbocycles. The second kappa shape index (κ2) is 5.49. The molecule has 0 aliphatic carbocycles. The number of H-pyrrole nitrogens is 1. The highest BCUT2D eigenvalue weighted by atomic mass is 35.5. The molecule has 0 spiro atoms. The van der Waals surface area contributed by atoms with E-state index in [0.717, 1.165) is 23.2 Å². The fourth-order valence-electron chi connectivity index (χ4n) is 3.38. The van der Waals surface area contributed by atoms with Crippen molar-refractivity contribution in [2.24, 2.45) is 0 Å². The molecule has 0 radical (unpaired) electrons. The third-order valence-electron chi connectivity index (χ3n) is 4.51. The summed E-state index contributed by atoms with van der Waals surface area (Å²) >= 11 is 6.03. The van der Waals surface area contributed by atoms with Gasteiger partial charge in [-0.1, -0.05) is 29.8 Å². The lowest BCUT2D eigenvalue weighted by Gasteiger charge is -2.21. The maximum Gasteiger partial charge on any atom is 0.299 e. The van der Waals surface area contributed by atoms with E-state index >= 15 is 0 Å². The van der Waals surface area contributed by atoms with Crippen molar-refractivity contribution in [1.82, 2.24) is 4.98 Å². The molecule has 1 amide bonds. The summed E-state index contributed by atoms with van der Waals surface area (Å²) in [7, 11) is 0. The van der Waals surface area contributed by atoms with Gasteiger partial charge < -0.3 is 9.88 Å². The number of hydrogen-bond donors (Lipinski definition) is 1. The minimum Gasteiger partial charge on any atom is -0.360 e. The fourth-order valence-corrected chi connectivity index (χ4v) is 3.55. The van der Waals surface area contributed by atoms with Crippen molar-refractivity contribution in [3.05, 3.63) is 64.8 Å². The lowest BCUT2D eigenvalue weighted by Crippen LogP contribution is -2.40. The summed E-state index contributed by atoms with van der Waals surface area (Å²) in [6.45, 7) is 1.96. The number of para-hydroxylation sites is 1. The van der Waals surface area contributed by atoms with E-state index in [-0.39, 0.29) is 6.04 Å². The Balaban J connectivity index is 1.74. The first-order chi connectivity index (χ1) is 11.6. The van der Waals surface area contributed by atoms with Crippen LogP contribution in [0.5, 0.6) is 0 Å². The SMILES string of the molecule is CC1Cc2ccccc2N1C(=O)C(=O)c1c[nH]c2ccc(Cl)cc12. The standard InChI is InChI=1S/C19H15ClN2O2/c1-11-8-12-4-2-3-5-17(12)22(11)19(24)18(23)15-10-21-16-7-6-13(20)9-14(15)16/h2-7,9-11,21H,8H2,1H3. The highest BCUT2D eigenvalue weighted by molar-refractivity contribution is 6.49. The normalized spacial score (nSPS) is 16.4. The number of Topliss-reactive ketones (excluding diaryl/α,β-unsaturated/α-hetero) is 1. The highest BCUT2D eigenvalue weighted by Gasteiger charge is 2.35. The number of halogens is 1. The zero-order valence-corrected chi connectivity index (χ0v) is 13.8. The average molecular weight is 339 g/mol. The van der Waals surface area contributed by atoms with E-state index in [1.165, 1.54) is 0 Å². The van der Waals surface area contributed by atoms with E-state index in [0.29, 0.717) is 16.0 Å². The smallest absolute Gasteiger partial charge is 0.299 e. The van der Waals surface area contributed by atoms with Crippen LogP contribution in [0.15, 0.2) is 48.7 Å². The van der Waals surface area contributed by atoms with Gasteiger partial charge in [0.1, 0.15) is 0 Å². The van der Waals surface area contributed by atoms with Crippen molar-refractivity contribution in [3.8, 4) is 0 Å². The van der Waals surface area contributed by atoms with Crippen molar-refractivity contribution < 1.29 is 9.59 Å². The number of fused-ring (bicyclic) bond motifs is 2. The van der Waals surface area contributed by atoms with Gasteiger partial charge in [0.25, 0.3) is 11.7 Å². The molecule has 4 nitrogen and oxygen atoms in total. The second-order valence-corrected chi connectivity index (χ2v) is 6.51. The zero-order valence-electron chi connectivity index (χ0n) is 13.0. The van der Waals surface area contributed by atoms with Gasteiger partial charge in [-0.3, -0.25) is 9.59 Å². The van der Waals surface area contributed by atoms with Crippen molar-refractivity contribution in [2.45, 2.75) is 19.4 Å². The maximum atomic E-state index is 12.9. The molecule has 1 aromatic heterocycles. The van der Waals surface area contributed by atoms with Gasteiger partial charge >= 0.3 is 0 Å². The third kappa shape index (κ3) is 2.22. The number of anilines is 1. The molecule has 1 unspecified atom stereocenters. The Bertz CT molecular complexity index is 976. The number of carbonyl (C=O) groups excluding carboxylic acids is 2. The molecule has 0 saturated heterocycles. The number of amides is 1. The molecule has 3 aromatic rings. The molecular weight excluding hydrogens is 324 g/mol. The van der Waals surface area contributed by atoms with E-state index in [1.54, 1.807) is 29.3 Å². The highest BCUT2D eigenvalue weighted by Crippen LogP contribution is 2.33. The number of aromatic amines is 1. The number of carbonyl (C=O) groups is 2. The van der Waals surface area contributed by atoms with Crippen LogP contribution in [0.1, 0.15) is 22.8 Å². The molecule has 1 aliphatic heterocycles. The van der Waals surface area contributed by atoms with Gasteiger partial charge in [-0.05, 0) is 43.2 Å². The Morgan fingerprint density at radius 1 is 1.21 bits per heavy atom. The van der Waals surface area contributed by atoms with Crippen LogP contribution in [-0.2, 0) is 11.2 Å². The first kappa shape index (κ1) is 15.0. The first-order valence-corrected chi connectivity index (χ1v) is 8.16. The van der Waals surface area contributed by atoms with Crippen LogP contribution in [0.25, 0.3) is 10.9 Å². The summed E-state index contributed by atoms with van der Waals surface area (Å²) in [6.07, 6.45) is 2.34. The number of nitrogens with one attached hydrogen (secondary N) is 1. The fraction of sp³-hybridized carbons (Fsp3) is 0.158. The third-order valence-corrected chi connectivity index (χ3v) is 4.74. The summed E-state index contributed by atoms with van der Waals surface area (Å²) in [5.41, 5.74) is 3.05. The van der Waals surface area contributed by atoms with Gasteiger partial charge in [-0.25, -0.2) is 0 Å². The van der Waals surface area contributed by atoms with Gasteiger partial charge in [0.2, 0.25) is 0 Å². The van der Waals surface area contributed by atoms with E-state index in [9.17, 15) is 9.59 Å². The predicted octanol–water partition coefficient (Wildman–Crippen LogP) is 3.98. The molecule has 120 valence electrons. The summed E-state index contributed by atoms with van der Waals surface area (Å²) in [5.74, 6) is -1.03. The second-order valence-electron chi connectivity index (χ2n) is 6.08. The monoisotopic (exact) mass is 338 g/mol. The van der Waals surface area contributed by atoms with Gasteiger partial charge in [-0.15, -0.1) is 0 Å². The lowest BCUT2D eigenvalue weighted by atomic mass is 10.1. The maximum absolute atomic E-state index is 12.9. The molecule has 24 heavy (non-hydrogen) atoms.